The van der Waals surface area contributed by atoms with Gasteiger partial charge in [0, 0.05) is 31.2 Å². The van der Waals surface area contributed by atoms with Crippen LogP contribution in [0.15, 0.2) is 18.2 Å². The summed E-state index contributed by atoms with van der Waals surface area (Å²) in [4.78, 5) is 17.6. The highest BCUT2D eigenvalue weighted by Crippen LogP contribution is 2.27. The van der Waals surface area contributed by atoms with Crippen molar-refractivity contribution in [2.75, 3.05) is 19.6 Å². The molecule has 4 heteroatoms. The molecule has 1 saturated heterocycles. The zero-order valence-corrected chi connectivity index (χ0v) is 9.44. The molecule has 17 heavy (non-hydrogen) atoms. The molecule has 2 heterocycles. The lowest BCUT2D eigenvalue weighted by molar-refractivity contribution is 0.0606. The molecule has 1 atom stereocenters. The van der Waals surface area contributed by atoms with Gasteiger partial charge >= 0.3 is 0 Å². The van der Waals surface area contributed by atoms with Gasteiger partial charge in [0.2, 0.25) is 0 Å². The molecule has 0 bridgehead atoms. The van der Waals surface area contributed by atoms with Gasteiger partial charge in [-0.1, -0.05) is 12.1 Å². The van der Waals surface area contributed by atoms with E-state index in [0.717, 1.165) is 37.2 Å². The Balaban J connectivity index is 2.04. The van der Waals surface area contributed by atoms with Gasteiger partial charge < -0.3 is 10.2 Å². The van der Waals surface area contributed by atoms with Gasteiger partial charge in [-0.15, -0.1) is 0 Å². The molecular formula is C13H13N3O. The first-order valence-electron chi connectivity index (χ1n) is 5.81. The average molecular weight is 227 g/mol. The van der Waals surface area contributed by atoms with Crippen molar-refractivity contribution < 1.29 is 4.79 Å². The lowest BCUT2D eigenvalue weighted by atomic mass is 9.92. The van der Waals surface area contributed by atoms with E-state index in [2.05, 4.69) is 10.2 Å². The predicted octanol–water partition coefficient (Wildman–Crippen LogP) is 1.21. The van der Waals surface area contributed by atoms with Crippen LogP contribution in [0.4, 0.5) is 5.69 Å². The van der Waals surface area contributed by atoms with Gasteiger partial charge in [0.15, 0.2) is 5.69 Å². The second kappa shape index (κ2) is 3.86. The first-order chi connectivity index (χ1) is 8.29. The third-order valence-corrected chi connectivity index (χ3v) is 3.52. The van der Waals surface area contributed by atoms with Gasteiger partial charge in [0.25, 0.3) is 5.91 Å². The molecule has 1 amide bonds. The summed E-state index contributed by atoms with van der Waals surface area (Å²) in [5.41, 5.74) is 2.34. The molecule has 1 aromatic carbocycles. The fraction of sp³-hybridized carbons (Fsp3) is 0.385. The maximum Gasteiger partial charge on any atom is 0.253 e. The molecule has 1 fully saturated rings. The number of piperazine rings is 1. The molecule has 0 unspecified atom stereocenters. The molecule has 2 aliphatic rings. The number of amides is 1. The van der Waals surface area contributed by atoms with Gasteiger partial charge in [0.05, 0.1) is 6.57 Å². The van der Waals surface area contributed by atoms with E-state index in [9.17, 15) is 4.79 Å². The van der Waals surface area contributed by atoms with Crippen LogP contribution in [-0.2, 0) is 6.42 Å². The zero-order chi connectivity index (χ0) is 11.8. The van der Waals surface area contributed by atoms with Crippen LogP contribution in [0.1, 0.15) is 15.9 Å². The molecule has 3 rings (SSSR count). The van der Waals surface area contributed by atoms with Crippen LogP contribution in [0.5, 0.6) is 0 Å². The van der Waals surface area contributed by atoms with Gasteiger partial charge in [-0.3, -0.25) is 4.79 Å². The molecule has 0 aromatic heterocycles. The lowest BCUT2D eigenvalue weighted by Gasteiger charge is -2.40. The highest BCUT2D eigenvalue weighted by molar-refractivity contribution is 5.98. The van der Waals surface area contributed by atoms with Crippen LogP contribution in [0.3, 0.4) is 0 Å². The molecule has 86 valence electrons. The third kappa shape index (κ3) is 1.60. The van der Waals surface area contributed by atoms with Crippen molar-refractivity contribution in [2.45, 2.75) is 12.5 Å². The molecule has 1 N–H and O–H groups in total. The van der Waals surface area contributed by atoms with E-state index in [1.165, 1.54) is 0 Å². The summed E-state index contributed by atoms with van der Waals surface area (Å²) < 4.78 is 0. The van der Waals surface area contributed by atoms with Crippen LogP contribution in [0.25, 0.3) is 4.85 Å². The first-order valence-corrected chi connectivity index (χ1v) is 5.81. The highest BCUT2D eigenvalue weighted by Gasteiger charge is 2.33. The molecule has 0 saturated carbocycles. The fourth-order valence-corrected chi connectivity index (χ4v) is 2.63. The van der Waals surface area contributed by atoms with E-state index >= 15 is 0 Å². The minimum atomic E-state index is 0.0863. The SMILES string of the molecule is [C-]#[N+]c1ccc2c(c1)C(=O)N1CCNC[C@H]1C2. The van der Waals surface area contributed by atoms with Crippen LogP contribution >= 0.6 is 0 Å². The number of nitrogens with one attached hydrogen (secondary N) is 1. The molecule has 0 spiro atoms. The Bertz CT molecular complexity index is 518. The number of rotatable bonds is 0. The van der Waals surface area contributed by atoms with Crippen molar-refractivity contribution in [1.29, 1.82) is 0 Å². The Morgan fingerprint density at radius 1 is 1.47 bits per heavy atom. The van der Waals surface area contributed by atoms with E-state index in [-0.39, 0.29) is 11.9 Å². The molecule has 1 aromatic rings. The number of fused-ring (bicyclic) bond motifs is 2. The van der Waals surface area contributed by atoms with E-state index in [1.807, 2.05) is 11.0 Å². The first kappa shape index (κ1) is 10.3. The van der Waals surface area contributed by atoms with Crippen molar-refractivity contribution >= 4 is 11.6 Å². The number of carbonyl (C=O) groups is 1. The smallest absolute Gasteiger partial charge is 0.253 e. The number of carbonyl (C=O) groups excluding carboxylic acids is 1. The van der Waals surface area contributed by atoms with Crippen LogP contribution in [0.2, 0.25) is 0 Å². The third-order valence-electron chi connectivity index (χ3n) is 3.52. The van der Waals surface area contributed by atoms with Crippen LogP contribution < -0.4 is 5.32 Å². The van der Waals surface area contributed by atoms with Crippen molar-refractivity contribution in [1.82, 2.24) is 10.2 Å². The average Bonchev–Trinajstić information content (AvgIpc) is 2.39. The minimum Gasteiger partial charge on any atom is -0.333 e. The number of benzene rings is 1. The number of hydrogen-bond donors (Lipinski definition) is 1. The fourth-order valence-electron chi connectivity index (χ4n) is 2.63. The normalized spacial score (nSPS) is 22.6. The summed E-state index contributed by atoms with van der Waals surface area (Å²) in [6.45, 7) is 9.50. The van der Waals surface area contributed by atoms with Gasteiger partial charge in [-0.05, 0) is 18.1 Å². The Hall–Kier alpha value is -1.86. The Morgan fingerprint density at radius 2 is 2.35 bits per heavy atom. The van der Waals surface area contributed by atoms with Gasteiger partial charge in [0.1, 0.15) is 0 Å². The van der Waals surface area contributed by atoms with Crippen molar-refractivity contribution in [3.8, 4) is 0 Å². The molecule has 2 aliphatic heterocycles. The van der Waals surface area contributed by atoms with Gasteiger partial charge in [-0.2, -0.15) is 0 Å². The standard InChI is InChI=1S/C13H13N3O/c1-14-10-3-2-9-6-11-8-15-4-5-16(11)13(17)12(9)7-10/h2-3,7,11,15H,4-6,8H2/t11-/m1/s1. The largest absolute Gasteiger partial charge is 0.333 e. The van der Waals surface area contributed by atoms with E-state index in [1.54, 1.807) is 12.1 Å². The number of nitrogens with zero attached hydrogens (tertiary/aromatic N) is 2. The number of hydrogen-bond acceptors (Lipinski definition) is 2. The molecule has 0 radical (unpaired) electrons. The second-order valence-electron chi connectivity index (χ2n) is 4.51. The van der Waals surface area contributed by atoms with Crippen LogP contribution in [0, 0.1) is 6.57 Å². The van der Waals surface area contributed by atoms with E-state index in [4.69, 9.17) is 6.57 Å². The minimum absolute atomic E-state index is 0.0863. The van der Waals surface area contributed by atoms with Crippen molar-refractivity contribution in [2.24, 2.45) is 0 Å². The summed E-state index contributed by atoms with van der Waals surface area (Å²) in [5, 5.41) is 3.32. The summed E-state index contributed by atoms with van der Waals surface area (Å²) >= 11 is 0. The van der Waals surface area contributed by atoms with E-state index < -0.39 is 0 Å². The second-order valence-corrected chi connectivity index (χ2v) is 4.51. The summed E-state index contributed by atoms with van der Waals surface area (Å²) in [6.07, 6.45) is 0.895. The summed E-state index contributed by atoms with van der Waals surface area (Å²) in [7, 11) is 0. The Morgan fingerprint density at radius 3 is 3.18 bits per heavy atom. The van der Waals surface area contributed by atoms with Crippen molar-refractivity contribution in [3.05, 3.63) is 40.7 Å². The Kier molecular flexibility index (Phi) is 2.34. The van der Waals surface area contributed by atoms with Crippen molar-refractivity contribution in [3.63, 3.8) is 0 Å². The quantitative estimate of drug-likeness (QED) is 0.676. The van der Waals surface area contributed by atoms with E-state index in [0.29, 0.717) is 5.69 Å². The molecule has 4 nitrogen and oxygen atoms in total. The highest BCUT2D eigenvalue weighted by atomic mass is 16.2. The monoisotopic (exact) mass is 227 g/mol. The van der Waals surface area contributed by atoms with Gasteiger partial charge in [-0.25, -0.2) is 4.85 Å². The zero-order valence-electron chi connectivity index (χ0n) is 9.44. The Labute approximate surface area is 100 Å². The lowest BCUT2D eigenvalue weighted by Crippen LogP contribution is -2.56. The summed E-state index contributed by atoms with van der Waals surface area (Å²) in [5.74, 6) is 0.0863. The maximum absolute atomic E-state index is 12.3. The molecular weight excluding hydrogens is 214 g/mol. The maximum atomic E-state index is 12.3. The topological polar surface area (TPSA) is 36.7 Å². The molecule has 0 aliphatic carbocycles. The van der Waals surface area contributed by atoms with Crippen LogP contribution in [-0.4, -0.2) is 36.5 Å². The predicted molar refractivity (Wildman–Crippen MR) is 64.1 cm³/mol. The summed E-state index contributed by atoms with van der Waals surface area (Å²) in [6, 6.07) is 5.73.